The van der Waals surface area contributed by atoms with Crippen LogP contribution in [0.3, 0.4) is 0 Å². The number of benzene rings is 4. The summed E-state index contributed by atoms with van der Waals surface area (Å²) in [5.41, 5.74) is 5.27. The number of carbonyl (C=O) groups is 2. The van der Waals surface area contributed by atoms with Crippen molar-refractivity contribution >= 4 is 39.4 Å². The Morgan fingerprint density at radius 3 is 2.46 bits per heavy atom. The van der Waals surface area contributed by atoms with E-state index in [1.165, 1.54) is 0 Å². The molecule has 174 valence electrons. The van der Waals surface area contributed by atoms with E-state index in [1.54, 1.807) is 19.1 Å². The molecule has 6 heteroatoms. The van der Waals surface area contributed by atoms with Crippen LogP contribution in [-0.4, -0.2) is 23.0 Å². The molecule has 0 fully saturated rings. The Labute approximate surface area is 202 Å². The zero-order valence-corrected chi connectivity index (χ0v) is 19.7. The molecule has 6 nitrogen and oxygen atoms in total. The number of nitrogens with one attached hydrogen (secondary N) is 1. The number of aromatic nitrogens is 1. The second kappa shape index (κ2) is 9.06. The van der Waals surface area contributed by atoms with Crippen LogP contribution in [0.15, 0.2) is 83.3 Å². The largest absolute Gasteiger partial charge is 0.449 e. The van der Waals surface area contributed by atoms with Crippen molar-refractivity contribution in [3.63, 3.8) is 0 Å². The highest BCUT2D eigenvalue weighted by Crippen LogP contribution is 2.33. The van der Waals surface area contributed by atoms with Crippen molar-refractivity contribution in [2.24, 2.45) is 0 Å². The molecule has 0 saturated heterocycles. The number of aryl methyl sites for hydroxylation is 2. The Hall–Kier alpha value is -4.45. The van der Waals surface area contributed by atoms with Crippen molar-refractivity contribution in [2.75, 3.05) is 5.32 Å². The minimum absolute atomic E-state index is 0.339. The van der Waals surface area contributed by atoms with Crippen molar-refractivity contribution in [3.05, 3.63) is 95.6 Å². The maximum Gasteiger partial charge on any atom is 0.339 e. The quantitative estimate of drug-likeness (QED) is 0.302. The molecule has 1 N–H and O–H groups in total. The molecule has 5 rings (SSSR count). The van der Waals surface area contributed by atoms with Gasteiger partial charge in [0.15, 0.2) is 11.7 Å². The number of hydrogen-bond donors (Lipinski definition) is 1. The third-order valence-electron chi connectivity index (χ3n) is 6.08. The van der Waals surface area contributed by atoms with E-state index in [1.807, 2.05) is 80.6 Å². The number of carbonyl (C=O) groups excluding carboxylic acids is 2. The molecule has 0 bridgehead atoms. The third-order valence-corrected chi connectivity index (χ3v) is 6.08. The van der Waals surface area contributed by atoms with Gasteiger partial charge < -0.3 is 14.5 Å². The highest BCUT2D eigenvalue weighted by Gasteiger charge is 2.23. The van der Waals surface area contributed by atoms with Crippen LogP contribution in [0.5, 0.6) is 0 Å². The summed E-state index contributed by atoms with van der Waals surface area (Å²) in [7, 11) is 0. The number of ether oxygens (including phenoxy) is 1. The van der Waals surface area contributed by atoms with Crippen molar-refractivity contribution in [1.82, 2.24) is 4.98 Å². The Morgan fingerprint density at radius 1 is 0.914 bits per heavy atom. The number of nitrogens with zero attached hydrogens (tertiary/aromatic N) is 1. The third kappa shape index (κ3) is 4.38. The van der Waals surface area contributed by atoms with E-state index in [4.69, 9.17) is 9.15 Å². The monoisotopic (exact) mass is 464 g/mol. The lowest BCUT2D eigenvalue weighted by atomic mass is 9.99. The fraction of sp³-hybridized carbons (Fsp3) is 0.138. The van der Waals surface area contributed by atoms with Gasteiger partial charge in [-0.15, -0.1) is 0 Å². The summed E-state index contributed by atoms with van der Waals surface area (Å²) in [4.78, 5) is 30.5. The first-order chi connectivity index (χ1) is 16.9. The average molecular weight is 465 g/mol. The Balaban J connectivity index is 1.44. The Bertz CT molecular complexity index is 1550. The summed E-state index contributed by atoms with van der Waals surface area (Å²) in [5, 5.41) is 4.31. The summed E-state index contributed by atoms with van der Waals surface area (Å²) in [5.74, 6) is -0.583. The lowest BCUT2D eigenvalue weighted by molar-refractivity contribution is -0.123. The summed E-state index contributed by atoms with van der Waals surface area (Å²) in [6.45, 7) is 5.54. The van der Waals surface area contributed by atoms with Crippen LogP contribution in [0.2, 0.25) is 0 Å². The smallest absolute Gasteiger partial charge is 0.339 e. The van der Waals surface area contributed by atoms with Gasteiger partial charge in [-0.2, -0.15) is 0 Å². The van der Waals surface area contributed by atoms with E-state index in [9.17, 15) is 9.59 Å². The van der Waals surface area contributed by atoms with Gasteiger partial charge in [0.2, 0.25) is 5.89 Å². The van der Waals surface area contributed by atoms with Crippen LogP contribution in [0.4, 0.5) is 5.69 Å². The zero-order chi connectivity index (χ0) is 24.5. The second-order valence-corrected chi connectivity index (χ2v) is 8.53. The number of esters is 1. The van der Waals surface area contributed by atoms with Crippen LogP contribution < -0.4 is 5.32 Å². The predicted molar refractivity (Wildman–Crippen MR) is 136 cm³/mol. The van der Waals surface area contributed by atoms with Gasteiger partial charge in [0.1, 0.15) is 5.52 Å². The van der Waals surface area contributed by atoms with Crippen LogP contribution in [0.1, 0.15) is 28.4 Å². The average Bonchev–Trinajstić information content (AvgIpc) is 3.29. The maximum absolute atomic E-state index is 13.2. The van der Waals surface area contributed by atoms with E-state index in [0.29, 0.717) is 33.7 Å². The predicted octanol–water partition coefficient (Wildman–Crippen LogP) is 6.45. The molecule has 1 amide bonds. The van der Waals surface area contributed by atoms with Gasteiger partial charge in [-0.3, -0.25) is 4.79 Å². The van der Waals surface area contributed by atoms with Gasteiger partial charge in [-0.25, -0.2) is 9.78 Å². The fourth-order valence-electron chi connectivity index (χ4n) is 4.02. The molecule has 0 saturated carbocycles. The van der Waals surface area contributed by atoms with Crippen molar-refractivity contribution in [3.8, 4) is 11.5 Å². The topological polar surface area (TPSA) is 81.4 Å². The van der Waals surface area contributed by atoms with Gasteiger partial charge in [0, 0.05) is 16.6 Å². The van der Waals surface area contributed by atoms with E-state index < -0.39 is 18.0 Å². The van der Waals surface area contributed by atoms with Crippen molar-refractivity contribution in [2.45, 2.75) is 26.9 Å². The standard InChI is InChI=1S/C29H24N2O4/c1-17-14-15-21(16-18(17)2)30-27(32)19(3)34-29(33)23-11-7-9-20-8-6-10-22(26(20)23)28-31-24-12-4-5-13-25(24)35-28/h4-16,19H,1-3H3,(H,30,32). The molecule has 1 aromatic heterocycles. The van der Waals surface area contributed by atoms with Crippen molar-refractivity contribution in [1.29, 1.82) is 0 Å². The van der Waals surface area contributed by atoms with Crippen LogP contribution in [-0.2, 0) is 9.53 Å². The molecule has 0 aliphatic carbocycles. The molecule has 0 spiro atoms. The normalized spacial score (nSPS) is 12.0. The number of oxazole rings is 1. The molecule has 1 unspecified atom stereocenters. The Kier molecular flexibility index (Phi) is 5.79. The summed E-state index contributed by atoms with van der Waals surface area (Å²) >= 11 is 0. The first-order valence-electron chi connectivity index (χ1n) is 11.4. The van der Waals surface area contributed by atoms with E-state index >= 15 is 0 Å². The molecule has 0 aliphatic rings. The zero-order valence-electron chi connectivity index (χ0n) is 19.7. The molecular weight excluding hydrogens is 440 g/mol. The Morgan fingerprint density at radius 2 is 1.69 bits per heavy atom. The van der Waals surface area contributed by atoms with Crippen LogP contribution >= 0.6 is 0 Å². The van der Waals surface area contributed by atoms with Crippen molar-refractivity contribution < 1.29 is 18.7 Å². The van der Waals surface area contributed by atoms with E-state index in [0.717, 1.165) is 22.0 Å². The highest BCUT2D eigenvalue weighted by atomic mass is 16.5. The number of amides is 1. The molecule has 1 heterocycles. The molecule has 1 atom stereocenters. The molecule has 5 aromatic rings. The minimum Gasteiger partial charge on any atom is -0.449 e. The lowest BCUT2D eigenvalue weighted by Gasteiger charge is -2.15. The van der Waals surface area contributed by atoms with Gasteiger partial charge in [0.25, 0.3) is 5.91 Å². The molecule has 35 heavy (non-hydrogen) atoms. The summed E-state index contributed by atoms with van der Waals surface area (Å²) in [6, 6.07) is 24.2. The number of para-hydroxylation sites is 2. The van der Waals surface area contributed by atoms with E-state index in [2.05, 4.69) is 10.3 Å². The van der Waals surface area contributed by atoms with Crippen LogP contribution in [0, 0.1) is 13.8 Å². The number of hydrogen-bond acceptors (Lipinski definition) is 5. The van der Waals surface area contributed by atoms with Crippen LogP contribution in [0.25, 0.3) is 33.3 Å². The highest BCUT2D eigenvalue weighted by molar-refractivity contribution is 6.10. The molecule has 0 radical (unpaired) electrons. The SMILES string of the molecule is Cc1ccc(NC(=O)C(C)OC(=O)c2cccc3cccc(-c4nc5ccccc5o4)c23)cc1C. The summed E-state index contributed by atoms with van der Waals surface area (Å²) < 4.78 is 11.6. The minimum atomic E-state index is -0.990. The first-order valence-corrected chi connectivity index (χ1v) is 11.4. The molecular formula is C29H24N2O4. The van der Waals surface area contributed by atoms with Gasteiger partial charge in [-0.05, 0) is 73.7 Å². The van der Waals surface area contributed by atoms with Gasteiger partial charge in [0.05, 0.1) is 5.56 Å². The maximum atomic E-state index is 13.2. The fourth-order valence-corrected chi connectivity index (χ4v) is 4.02. The van der Waals surface area contributed by atoms with E-state index in [-0.39, 0.29) is 0 Å². The van der Waals surface area contributed by atoms with Gasteiger partial charge >= 0.3 is 5.97 Å². The number of fused-ring (bicyclic) bond motifs is 2. The number of anilines is 1. The van der Waals surface area contributed by atoms with Gasteiger partial charge in [-0.1, -0.05) is 42.5 Å². The number of rotatable bonds is 5. The second-order valence-electron chi connectivity index (χ2n) is 8.53. The summed E-state index contributed by atoms with van der Waals surface area (Å²) in [6.07, 6.45) is -0.990. The molecule has 4 aromatic carbocycles. The molecule has 0 aliphatic heterocycles. The first kappa shape index (κ1) is 22.3. The lowest BCUT2D eigenvalue weighted by Crippen LogP contribution is -2.30.